The Morgan fingerprint density at radius 2 is 2.24 bits per heavy atom. The molecule has 0 aliphatic heterocycles. The van der Waals surface area contributed by atoms with Crippen LogP contribution in [-0.2, 0) is 16.1 Å². The molecule has 7 nitrogen and oxygen atoms in total. The van der Waals surface area contributed by atoms with Crippen molar-refractivity contribution in [2.24, 2.45) is 5.92 Å². The molecule has 2 N–H and O–H groups in total. The molecule has 0 bridgehead atoms. The predicted molar refractivity (Wildman–Crippen MR) is 94.3 cm³/mol. The molecule has 2 heterocycles. The second kappa shape index (κ2) is 7.71. The fourth-order valence-corrected chi connectivity index (χ4v) is 3.03. The van der Waals surface area contributed by atoms with E-state index in [-0.39, 0.29) is 23.8 Å². The fraction of sp³-hybridized carbons (Fsp3) is 0.412. The number of pyridine rings is 1. The zero-order valence-corrected chi connectivity index (χ0v) is 14.9. The van der Waals surface area contributed by atoms with Crippen LogP contribution in [0.2, 0.25) is 0 Å². The third-order valence-corrected chi connectivity index (χ3v) is 4.98. The van der Waals surface area contributed by atoms with E-state index in [4.69, 9.17) is 4.74 Å². The highest BCUT2D eigenvalue weighted by Gasteiger charge is 2.29. The Hall–Kier alpha value is -2.32. The molecule has 1 aliphatic carbocycles. The number of methoxy groups -OCH3 is 1. The van der Waals surface area contributed by atoms with Crippen molar-refractivity contribution in [1.82, 2.24) is 15.3 Å². The molecule has 2 aromatic heterocycles. The summed E-state index contributed by atoms with van der Waals surface area (Å²) in [7, 11) is 1.64. The number of carbonyl (C=O) groups excluding carboxylic acids is 2. The summed E-state index contributed by atoms with van der Waals surface area (Å²) in [6.45, 7) is 2.26. The summed E-state index contributed by atoms with van der Waals surface area (Å²) >= 11 is 1.50. The summed E-state index contributed by atoms with van der Waals surface area (Å²) < 4.78 is 5.23. The molecule has 1 fully saturated rings. The maximum absolute atomic E-state index is 12.3. The molecule has 1 saturated carbocycles. The first-order chi connectivity index (χ1) is 12.1. The van der Waals surface area contributed by atoms with Crippen LogP contribution >= 0.6 is 11.3 Å². The molecule has 3 rings (SSSR count). The highest BCUT2D eigenvalue weighted by atomic mass is 32.1. The molecule has 0 spiro atoms. The van der Waals surface area contributed by atoms with Crippen LogP contribution in [0.1, 0.15) is 46.9 Å². The number of ether oxygens (including phenoxy) is 1. The SMILES string of the molecule is COC(C)c1nc(CNC(=O)c2ccnc(NC(=O)C3CC3)c2)cs1. The predicted octanol–water partition coefficient (Wildman–Crippen LogP) is 2.52. The van der Waals surface area contributed by atoms with Gasteiger partial charge in [0.1, 0.15) is 16.9 Å². The zero-order chi connectivity index (χ0) is 17.8. The Bertz CT molecular complexity index is 773. The number of carbonyl (C=O) groups is 2. The van der Waals surface area contributed by atoms with Crippen LogP contribution in [0.25, 0.3) is 0 Å². The van der Waals surface area contributed by atoms with Crippen molar-refractivity contribution in [3.05, 3.63) is 40.0 Å². The highest BCUT2D eigenvalue weighted by molar-refractivity contribution is 7.09. The molecule has 2 aromatic rings. The van der Waals surface area contributed by atoms with Crippen molar-refractivity contribution in [3.63, 3.8) is 0 Å². The van der Waals surface area contributed by atoms with E-state index in [9.17, 15) is 9.59 Å². The van der Waals surface area contributed by atoms with Gasteiger partial charge in [0.05, 0.1) is 12.2 Å². The lowest BCUT2D eigenvalue weighted by atomic mass is 10.2. The van der Waals surface area contributed by atoms with E-state index in [1.807, 2.05) is 12.3 Å². The first-order valence-corrected chi connectivity index (χ1v) is 8.97. The van der Waals surface area contributed by atoms with Crippen molar-refractivity contribution in [2.45, 2.75) is 32.4 Å². The summed E-state index contributed by atoms with van der Waals surface area (Å²) in [5.74, 6) is 0.216. The molecule has 8 heteroatoms. The lowest BCUT2D eigenvalue weighted by molar-refractivity contribution is -0.117. The van der Waals surface area contributed by atoms with Gasteiger partial charge in [0, 0.05) is 30.2 Å². The van der Waals surface area contributed by atoms with Gasteiger partial charge in [-0.2, -0.15) is 0 Å². The lowest BCUT2D eigenvalue weighted by Crippen LogP contribution is -2.23. The molecule has 1 unspecified atom stereocenters. The largest absolute Gasteiger partial charge is 0.375 e. The second-order valence-corrected chi connectivity index (χ2v) is 6.82. The average Bonchev–Trinajstić information content (AvgIpc) is 3.38. The number of thiazole rings is 1. The van der Waals surface area contributed by atoms with E-state index in [1.54, 1.807) is 19.2 Å². The molecule has 0 aromatic carbocycles. The Kier molecular flexibility index (Phi) is 5.40. The Morgan fingerprint density at radius 1 is 1.44 bits per heavy atom. The van der Waals surface area contributed by atoms with Crippen LogP contribution in [-0.4, -0.2) is 28.9 Å². The fourth-order valence-electron chi connectivity index (χ4n) is 2.18. The van der Waals surface area contributed by atoms with E-state index in [1.165, 1.54) is 17.5 Å². The average molecular weight is 360 g/mol. The van der Waals surface area contributed by atoms with Crippen molar-refractivity contribution < 1.29 is 14.3 Å². The lowest BCUT2D eigenvalue weighted by Gasteiger charge is -2.07. The molecule has 25 heavy (non-hydrogen) atoms. The first-order valence-electron chi connectivity index (χ1n) is 8.09. The standard InChI is InChI=1S/C17H20N4O3S/c1-10(24-2)17-20-13(9-25-17)8-19-15(22)12-5-6-18-14(7-12)21-16(23)11-3-4-11/h5-7,9-11H,3-4,8H2,1-2H3,(H,19,22)(H,18,21,23). The number of hydrogen-bond acceptors (Lipinski definition) is 6. The maximum atomic E-state index is 12.3. The van der Waals surface area contributed by atoms with Gasteiger partial charge in [0.25, 0.3) is 5.91 Å². The Morgan fingerprint density at radius 3 is 2.96 bits per heavy atom. The third-order valence-electron chi connectivity index (χ3n) is 3.92. The molecule has 132 valence electrons. The number of amides is 2. The van der Waals surface area contributed by atoms with Crippen LogP contribution in [0, 0.1) is 5.92 Å². The minimum absolute atomic E-state index is 0.0349. The van der Waals surface area contributed by atoms with Crippen molar-refractivity contribution in [1.29, 1.82) is 0 Å². The van der Waals surface area contributed by atoms with Crippen LogP contribution in [0.15, 0.2) is 23.7 Å². The summed E-state index contributed by atoms with van der Waals surface area (Å²) in [5.41, 5.74) is 1.23. The van der Waals surface area contributed by atoms with E-state index >= 15 is 0 Å². The number of aromatic nitrogens is 2. The number of nitrogens with one attached hydrogen (secondary N) is 2. The van der Waals surface area contributed by atoms with Crippen LogP contribution in [0.3, 0.4) is 0 Å². The van der Waals surface area contributed by atoms with E-state index in [0.717, 1.165) is 23.5 Å². The van der Waals surface area contributed by atoms with Crippen LogP contribution in [0.4, 0.5) is 5.82 Å². The van der Waals surface area contributed by atoms with Crippen molar-refractivity contribution in [3.8, 4) is 0 Å². The van der Waals surface area contributed by atoms with E-state index in [2.05, 4.69) is 20.6 Å². The highest BCUT2D eigenvalue weighted by Crippen LogP contribution is 2.30. The van der Waals surface area contributed by atoms with E-state index in [0.29, 0.717) is 17.9 Å². The minimum Gasteiger partial charge on any atom is -0.375 e. The number of nitrogens with zero attached hydrogens (tertiary/aromatic N) is 2. The minimum atomic E-state index is -0.237. The summed E-state index contributed by atoms with van der Waals surface area (Å²) in [5, 5.41) is 8.34. The Labute approximate surface area is 149 Å². The number of hydrogen-bond donors (Lipinski definition) is 2. The third kappa shape index (κ3) is 4.61. The maximum Gasteiger partial charge on any atom is 0.251 e. The van der Waals surface area contributed by atoms with Gasteiger partial charge in [-0.05, 0) is 31.9 Å². The quantitative estimate of drug-likeness (QED) is 0.791. The summed E-state index contributed by atoms with van der Waals surface area (Å²) in [6, 6.07) is 3.19. The topological polar surface area (TPSA) is 93.2 Å². The smallest absolute Gasteiger partial charge is 0.251 e. The second-order valence-electron chi connectivity index (χ2n) is 5.93. The molecule has 0 saturated heterocycles. The molecular weight excluding hydrogens is 340 g/mol. The molecule has 1 atom stereocenters. The molecular formula is C17H20N4O3S. The first kappa shape index (κ1) is 17.5. The van der Waals surface area contributed by atoms with E-state index < -0.39 is 0 Å². The Balaban J connectivity index is 1.57. The van der Waals surface area contributed by atoms with Crippen LogP contribution < -0.4 is 10.6 Å². The summed E-state index contributed by atoms with van der Waals surface area (Å²) in [6.07, 6.45) is 3.29. The summed E-state index contributed by atoms with van der Waals surface area (Å²) in [4.78, 5) is 32.6. The van der Waals surface area contributed by atoms with Crippen molar-refractivity contribution in [2.75, 3.05) is 12.4 Å². The number of rotatable bonds is 7. The van der Waals surface area contributed by atoms with Gasteiger partial charge in [-0.15, -0.1) is 11.3 Å². The zero-order valence-electron chi connectivity index (χ0n) is 14.1. The van der Waals surface area contributed by atoms with Gasteiger partial charge < -0.3 is 15.4 Å². The molecule has 0 radical (unpaired) electrons. The van der Waals surface area contributed by atoms with Gasteiger partial charge in [0.15, 0.2) is 0 Å². The number of anilines is 1. The molecule has 2 amide bonds. The monoisotopic (exact) mass is 360 g/mol. The van der Waals surface area contributed by atoms with Crippen LogP contribution in [0.5, 0.6) is 0 Å². The van der Waals surface area contributed by atoms with Crippen molar-refractivity contribution >= 4 is 29.0 Å². The molecule has 1 aliphatic rings. The van der Waals surface area contributed by atoms with Gasteiger partial charge in [-0.3, -0.25) is 9.59 Å². The van der Waals surface area contributed by atoms with Gasteiger partial charge >= 0.3 is 0 Å². The van der Waals surface area contributed by atoms with Gasteiger partial charge in [0.2, 0.25) is 5.91 Å². The van der Waals surface area contributed by atoms with Gasteiger partial charge in [-0.1, -0.05) is 0 Å². The van der Waals surface area contributed by atoms with Gasteiger partial charge in [-0.25, -0.2) is 9.97 Å². The normalized spacial score (nSPS) is 14.8.